The van der Waals surface area contributed by atoms with Crippen molar-refractivity contribution in [2.45, 2.75) is 25.0 Å². The Labute approximate surface area is 155 Å². The minimum atomic E-state index is -0.535. The summed E-state index contributed by atoms with van der Waals surface area (Å²) in [6.07, 6.45) is 3.21. The van der Waals surface area contributed by atoms with E-state index in [1.807, 2.05) is 24.3 Å². The Morgan fingerprint density at radius 3 is 2.67 bits per heavy atom. The van der Waals surface area contributed by atoms with Gasteiger partial charge in [0, 0.05) is 24.2 Å². The number of ether oxygens (including phenoxy) is 1. The van der Waals surface area contributed by atoms with Crippen LogP contribution in [0.2, 0.25) is 0 Å². The molecule has 0 unspecified atom stereocenters. The molecule has 1 aromatic heterocycles. The first-order chi connectivity index (χ1) is 10.7. The molecule has 0 spiro atoms. The van der Waals surface area contributed by atoms with Crippen LogP contribution in [0.3, 0.4) is 0 Å². The lowest BCUT2D eigenvalue weighted by molar-refractivity contribution is 0.0986. The van der Waals surface area contributed by atoms with Gasteiger partial charge < -0.3 is 20.5 Å². The summed E-state index contributed by atoms with van der Waals surface area (Å²) in [5.74, 6) is 0.776. The molecule has 0 saturated carbocycles. The molecule has 24 heavy (non-hydrogen) atoms. The molecule has 1 atom stereocenters. The number of halogens is 2. The van der Waals surface area contributed by atoms with Crippen molar-refractivity contribution in [3.8, 4) is 5.75 Å². The first-order valence-corrected chi connectivity index (χ1v) is 7.76. The number of aliphatic hydroxyl groups is 1. The summed E-state index contributed by atoms with van der Waals surface area (Å²) in [4.78, 5) is 6.64. The van der Waals surface area contributed by atoms with Gasteiger partial charge in [0.2, 0.25) is 0 Å². The highest BCUT2D eigenvalue weighted by atomic mass is 35.5. The van der Waals surface area contributed by atoms with Gasteiger partial charge in [0.1, 0.15) is 5.75 Å². The molecule has 3 N–H and O–H groups in total. The van der Waals surface area contributed by atoms with Gasteiger partial charge in [-0.25, -0.2) is 0 Å². The predicted molar refractivity (Wildman–Crippen MR) is 101 cm³/mol. The topological polar surface area (TPSA) is 71.6 Å². The van der Waals surface area contributed by atoms with Crippen molar-refractivity contribution in [1.82, 2.24) is 9.88 Å². The first-order valence-electron chi connectivity index (χ1n) is 7.76. The Balaban J connectivity index is 0.00000144. The molecule has 7 heteroatoms. The number of nitrogens with two attached hydrogens (primary N) is 1. The van der Waals surface area contributed by atoms with Gasteiger partial charge in [0.05, 0.1) is 18.7 Å². The van der Waals surface area contributed by atoms with Crippen LogP contribution in [-0.4, -0.2) is 47.8 Å². The quantitative estimate of drug-likeness (QED) is 0.861. The normalized spacial score (nSPS) is 17.0. The van der Waals surface area contributed by atoms with Crippen LogP contribution in [0.15, 0.2) is 30.5 Å². The molecular formula is C17H25Cl2N3O2. The van der Waals surface area contributed by atoms with Gasteiger partial charge in [-0.15, -0.1) is 24.8 Å². The molecule has 1 aromatic carbocycles. The summed E-state index contributed by atoms with van der Waals surface area (Å²) in [5, 5.41) is 11.6. The summed E-state index contributed by atoms with van der Waals surface area (Å²) in [6.45, 7) is 2.53. The molecule has 1 fully saturated rings. The van der Waals surface area contributed by atoms with Crippen molar-refractivity contribution in [3.63, 3.8) is 0 Å². The zero-order valence-corrected chi connectivity index (χ0v) is 15.4. The minimum Gasteiger partial charge on any atom is -0.497 e. The van der Waals surface area contributed by atoms with Gasteiger partial charge >= 0.3 is 0 Å². The molecule has 1 saturated heterocycles. The van der Waals surface area contributed by atoms with E-state index in [1.54, 1.807) is 13.3 Å². The highest BCUT2D eigenvalue weighted by Crippen LogP contribution is 2.27. The maximum absolute atomic E-state index is 10.7. The fraction of sp³-hybridized carbons (Fsp3) is 0.471. The fourth-order valence-corrected chi connectivity index (χ4v) is 3.04. The summed E-state index contributed by atoms with van der Waals surface area (Å²) < 4.78 is 5.29. The third kappa shape index (κ3) is 4.71. The molecule has 2 aromatic rings. The summed E-state index contributed by atoms with van der Waals surface area (Å²) in [7, 11) is 1.64. The number of fused-ring (bicyclic) bond motifs is 1. The van der Waals surface area contributed by atoms with E-state index in [-0.39, 0.29) is 24.8 Å². The van der Waals surface area contributed by atoms with Crippen LogP contribution >= 0.6 is 24.8 Å². The highest BCUT2D eigenvalue weighted by molar-refractivity contribution is 5.85. The van der Waals surface area contributed by atoms with Crippen LogP contribution in [0.5, 0.6) is 5.75 Å². The third-order valence-corrected chi connectivity index (χ3v) is 4.40. The molecule has 1 aliphatic heterocycles. The van der Waals surface area contributed by atoms with E-state index in [9.17, 15) is 5.11 Å². The zero-order valence-electron chi connectivity index (χ0n) is 13.7. The number of β-amino-alcohol motifs (C(OH)–C–C–N with tert-alkyl or cyclic N) is 1. The molecule has 2 heterocycles. The number of benzene rings is 1. The van der Waals surface area contributed by atoms with Crippen LogP contribution in [0.4, 0.5) is 0 Å². The molecule has 134 valence electrons. The van der Waals surface area contributed by atoms with Crippen molar-refractivity contribution < 1.29 is 9.84 Å². The number of rotatable bonds is 4. The van der Waals surface area contributed by atoms with Crippen LogP contribution < -0.4 is 10.5 Å². The van der Waals surface area contributed by atoms with E-state index in [0.29, 0.717) is 12.6 Å². The number of piperidine rings is 1. The lowest BCUT2D eigenvalue weighted by Gasteiger charge is -2.31. The van der Waals surface area contributed by atoms with Gasteiger partial charge in [-0.05, 0) is 55.8 Å². The van der Waals surface area contributed by atoms with Crippen molar-refractivity contribution in [3.05, 3.63) is 36.0 Å². The molecular weight excluding hydrogens is 349 g/mol. The Bertz CT molecular complexity index is 649. The summed E-state index contributed by atoms with van der Waals surface area (Å²) in [6, 6.07) is 7.94. The second-order valence-electron chi connectivity index (χ2n) is 5.94. The van der Waals surface area contributed by atoms with Crippen LogP contribution in [0.1, 0.15) is 24.5 Å². The molecule has 0 amide bonds. The lowest BCUT2D eigenvalue weighted by Crippen LogP contribution is -2.41. The smallest absolute Gasteiger partial charge is 0.119 e. The van der Waals surface area contributed by atoms with E-state index < -0.39 is 6.10 Å². The standard InChI is InChI=1S/C17H23N3O2.2ClH/c1-22-13-2-3-16-15(10-13)14(4-7-19-16)17(21)11-20-8-5-12(18)6-9-20;;/h2-4,7,10,12,17,21H,5-6,8-9,11,18H2,1H3;2*1H/t17-;;/m0../s1. The second-order valence-corrected chi connectivity index (χ2v) is 5.94. The number of aliphatic hydroxyl groups excluding tert-OH is 1. The van der Waals surface area contributed by atoms with Gasteiger partial charge in [-0.3, -0.25) is 4.98 Å². The Hall–Kier alpha value is -1.11. The third-order valence-electron chi connectivity index (χ3n) is 4.40. The SMILES string of the molecule is COc1ccc2nccc([C@@H](O)CN3CCC(N)CC3)c2c1.Cl.Cl. The van der Waals surface area contributed by atoms with E-state index in [4.69, 9.17) is 10.5 Å². The van der Waals surface area contributed by atoms with E-state index in [0.717, 1.165) is 48.1 Å². The summed E-state index contributed by atoms with van der Waals surface area (Å²) >= 11 is 0. The second kappa shape index (κ2) is 9.39. The molecule has 0 radical (unpaired) electrons. The summed E-state index contributed by atoms with van der Waals surface area (Å²) in [5.41, 5.74) is 7.71. The van der Waals surface area contributed by atoms with Gasteiger partial charge in [-0.1, -0.05) is 0 Å². The largest absolute Gasteiger partial charge is 0.497 e. The van der Waals surface area contributed by atoms with Gasteiger partial charge in [0.15, 0.2) is 0 Å². The number of hydrogen-bond donors (Lipinski definition) is 2. The number of hydrogen-bond acceptors (Lipinski definition) is 5. The number of aromatic nitrogens is 1. The molecule has 3 rings (SSSR count). The zero-order chi connectivity index (χ0) is 15.5. The maximum Gasteiger partial charge on any atom is 0.119 e. The highest BCUT2D eigenvalue weighted by Gasteiger charge is 2.20. The molecule has 0 aliphatic carbocycles. The van der Waals surface area contributed by atoms with Crippen LogP contribution in [-0.2, 0) is 0 Å². The van der Waals surface area contributed by atoms with E-state index in [2.05, 4.69) is 9.88 Å². The fourth-order valence-electron chi connectivity index (χ4n) is 3.04. The average Bonchev–Trinajstić information content (AvgIpc) is 2.55. The van der Waals surface area contributed by atoms with Crippen molar-refractivity contribution in [1.29, 1.82) is 0 Å². The van der Waals surface area contributed by atoms with Crippen LogP contribution in [0, 0.1) is 0 Å². The van der Waals surface area contributed by atoms with Gasteiger partial charge in [0.25, 0.3) is 0 Å². The van der Waals surface area contributed by atoms with Crippen molar-refractivity contribution >= 4 is 35.7 Å². The van der Waals surface area contributed by atoms with Crippen molar-refractivity contribution in [2.75, 3.05) is 26.7 Å². The Morgan fingerprint density at radius 2 is 2.00 bits per heavy atom. The predicted octanol–water partition coefficient (Wildman–Crippen LogP) is 2.54. The number of likely N-dealkylation sites (tertiary alicyclic amines) is 1. The molecule has 1 aliphatic rings. The minimum absolute atomic E-state index is 0. The van der Waals surface area contributed by atoms with Crippen molar-refractivity contribution in [2.24, 2.45) is 5.73 Å². The molecule has 5 nitrogen and oxygen atoms in total. The monoisotopic (exact) mass is 373 g/mol. The average molecular weight is 374 g/mol. The Morgan fingerprint density at radius 1 is 1.29 bits per heavy atom. The number of pyridine rings is 1. The van der Waals surface area contributed by atoms with Crippen LogP contribution in [0.25, 0.3) is 10.9 Å². The first kappa shape index (κ1) is 20.9. The number of methoxy groups -OCH3 is 1. The van der Waals surface area contributed by atoms with E-state index >= 15 is 0 Å². The maximum atomic E-state index is 10.7. The lowest BCUT2D eigenvalue weighted by atomic mass is 10.0. The number of nitrogens with zero attached hydrogens (tertiary/aromatic N) is 2. The Kier molecular flexibility index (Phi) is 8.19. The molecule has 0 bridgehead atoms. The van der Waals surface area contributed by atoms with E-state index in [1.165, 1.54) is 0 Å². The van der Waals surface area contributed by atoms with Gasteiger partial charge in [-0.2, -0.15) is 0 Å².